The van der Waals surface area contributed by atoms with Crippen molar-refractivity contribution < 1.29 is 18.9 Å². The number of ether oxygens (including phenoxy) is 4. The number of benzene rings is 2. The van der Waals surface area contributed by atoms with Crippen molar-refractivity contribution in [2.45, 2.75) is 38.6 Å². The quantitative estimate of drug-likeness (QED) is 0.687. The zero-order chi connectivity index (χ0) is 19.2. The molecule has 146 valence electrons. The first kappa shape index (κ1) is 19.5. The van der Waals surface area contributed by atoms with Gasteiger partial charge in [0.2, 0.25) is 0 Å². The topological polar surface area (TPSA) is 40.2 Å². The van der Waals surface area contributed by atoms with E-state index in [1.165, 1.54) is 5.56 Å². The zero-order valence-corrected chi connectivity index (χ0v) is 16.6. The third-order valence-electron chi connectivity index (χ3n) is 5.09. The predicted molar refractivity (Wildman–Crippen MR) is 105 cm³/mol. The van der Waals surface area contributed by atoms with Crippen molar-refractivity contribution in [3.8, 4) is 17.2 Å². The maximum absolute atomic E-state index is 6.16. The maximum atomic E-state index is 6.16. The van der Waals surface area contributed by atoms with Crippen LogP contribution in [0.5, 0.6) is 17.2 Å². The van der Waals surface area contributed by atoms with E-state index in [2.05, 4.69) is 36.1 Å². The molecule has 27 heavy (non-hydrogen) atoms. The Hall–Kier alpha value is -2.24. The molecule has 3 rings (SSSR count). The Morgan fingerprint density at radius 1 is 1.00 bits per heavy atom. The van der Waals surface area contributed by atoms with Gasteiger partial charge >= 0.3 is 0 Å². The van der Waals surface area contributed by atoms with Crippen molar-refractivity contribution in [3.63, 3.8) is 0 Å². The van der Waals surface area contributed by atoms with E-state index < -0.39 is 0 Å². The molecule has 0 aromatic heterocycles. The summed E-state index contributed by atoms with van der Waals surface area (Å²) in [6.07, 6.45) is 2.14. The maximum Gasteiger partial charge on any atom is 0.130 e. The molecule has 1 heterocycles. The minimum atomic E-state index is 0.0803. The van der Waals surface area contributed by atoms with E-state index in [0.29, 0.717) is 13.2 Å². The Kier molecular flexibility index (Phi) is 6.58. The van der Waals surface area contributed by atoms with Crippen LogP contribution in [0.4, 0.5) is 0 Å². The zero-order valence-electron chi connectivity index (χ0n) is 16.6. The summed E-state index contributed by atoms with van der Waals surface area (Å²) in [6, 6.07) is 14.5. The summed E-state index contributed by atoms with van der Waals surface area (Å²) in [6.45, 7) is 3.56. The lowest BCUT2D eigenvalue weighted by Gasteiger charge is -2.29. The number of hydrogen-bond acceptors (Lipinski definition) is 5. The Labute approximate surface area is 161 Å². The summed E-state index contributed by atoms with van der Waals surface area (Å²) in [5, 5.41) is 0. The highest BCUT2D eigenvalue weighted by atomic mass is 16.5. The van der Waals surface area contributed by atoms with Crippen molar-refractivity contribution in [1.29, 1.82) is 0 Å². The molecule has 1 unspecified atom stereocenters. The van der Waals surface area contributed by atoms with Crippen LogP contribution in [0.1, 0.15) is 36.9 Å². The lowest BCUT2D eigenvalue weighted by Crippen LogP contribution is -2.32. The van der Waals surface area contributed by atoms with Crippen LogP contribution in [0.25, 0.3) is 0 Å². The van der Waals surface area contributed by atoms with Gasteiger partial charge in [-0.05, 0) is 12.0 Å². The highest BCUT2D eigenvalue weighted by Crippen LogP contribution is 2.40. The molecular weight excluding hydrogens is 342 g/mol. The van der Waals surface area contributed by atoms with Gasteiger partial charge in [0.25, 0.3) is 0 Å². The van der Waals surface area contributed by atoms with Crippen LogP contribution in [0.15, 0.2) is 42.5 Å². The molecule has 0 radical (unpaired) electrons. The molecule has 0 saturated carbocycles. The van der Waals surface area contributed by atoms with Gasteiger partial charge in [0.15, 0.2) is 0 Å². The number of hydrogen-bond donors (Lipinski definition) is 0. The Morgan fingerprint density at radius 2 is 1.67 bits per heavy atom. The fraction of sp³-hybridized carbons (Fsp3) is 0.455. The molecule has 2 aromatic carbocycles. The predicted octanol–water partition coefficient (Wildman–Crippen LogP) is 4.41. The van der Waals surface area contributed by atoms with Crippen LogP contribution >= 0.6 is 0 Å². The first-order chi connectivity index (χ1) is 13.2. The lowest BCUT2D eigenvalue weighted by molar-refractivity contribution is 0.0184. The second-order valence-corrected chi connectivity index (χ2v) is 6.69. The molecule has 1 fully saturated rings. The molecule has 2 atom stereocenters. The van der Waals surface area contributed by atoms with Gasteiger partial charge in [0, 0.05) is 18.7 Å². The van der Waals surface area contributed by atoms with Crippen LogP contribution in [0.3, 0.4) is 0 Å². The van der Waals surface area contributed by atoms with Crippen LogP contribution in [0, 0.1) is 0 Å². The van der Waals surface area contributed by atoms with Gasteiger partial charge in [0.1, 0.15) is 23.5 Å². The van der Waals surface area contributed by atoms with Crippen molar-refractivity contribution in [2.75, 3.05) is 27.9 Å². The van der Waals surface area contributed by atoms with Crippen molar-refractivity contribution >= 4 is 0 Å². The van der Waals surface area contributed by atoms with E-state index in [1.807, 2.05) is 18.2 Å². The Bertz CT molecular complexity index is 709. The van der Waals surface area contributed by atoms with Gasteiger partial charge in [-0.2, -0.15) is 0 Å². The third kappa shape index (κ3) is 4.20. The first-order valence-electron chi connectivity index (χ1n) is 9.43. The van der Waals surface area contributed by atoms with Crippen LogP contribution in [0.2, 0.25) is 0 Å². The molecule has 1 aliphatic heterocycles. The fourth-order valence-corrected chi connectivity index (χ4v) is 3.68. The van der Waals surface area contributed by atoms with Crippen LogP contribution in [-0.4, -0.2) is 39.1 Å². The Morgan fingerprint density at radius 3 is 2.22 bits per heavy atom. The number of methoxy groups -OCH3 is 3. The molecular formula is C22H29NO4. The van der Waals surface area contributed by atoms with E-state index in [0.717, 1.165) is 35.7 Å². The highest BCUT2D eigenvalue weighted by molar-refractivity contribution is 5.50. The Balaban J connectivity index is 1.96. The van der Waals surface area contributed by atoms with Gasteiger partial charge in [0.05, 0.1) is 39.5 Å². The fourth-order valence-electron chi connectivity index (χ4n) is 3.68. The molecule has 0 spiro atoms. The van der Waals surface area contributed by atoms with Crippen LogP contribution in [-0.2, 0) is 11.3 Å². The third-order valence-corrected chi connectivity index (χ3v) is 5.09. The van der Waals surface area contributed by atoms with E-state index in [4.69, 9.17) is 18.9 Å². The van der Waals surface area contributed by atoms with Gasteiger partial charge in [-0.3, -0.25) is 4.90 Å². The molecule has 0 N–H and O–H groups in total. The average molecular weight is 371 g/mol. The highest BCUT2D eigenvalue weighted by Gasteiger charge is 2.36. The monoisotopic (exact) mass is 371 g/mol. The minimum absolute atomic E-state index is 0.0803. The van der Waals surface area contributed by atoms with E-state index >= 15 is 0 Å². The molecule has 0 amide bonds. The van der Waals surface area contributed by atoms with E-state index in [-0.39, 0.29) is 12.3 Å². The molecule has 0 bridgehead atoms. The second kappa shape index (κ2) is 9.11. The van der Waals surface area contributed by atoms with E-state index in [1.54, 1.807) is 21.3 Å². The van der Waals surface area contributed by atoms with E-state index in [9.17, 15) is 0 Å². The molecule has 5 nitrogen and oxygen atoms in total. The van der Waals surface area contributed by atoms with Gasteiger partial charge in [-0.15, -0.1) is 0 Å². The molecule has 1 saturated heterocycles. The largest absolute Gasteiger partial charge is 0.496 e. The standard InChI is InChI=1S/C22H29NO4/c1-5-9-22-23(19(15-27-22)16-10-7-6-8-11-16)14-18-20(25-3)12-17(24-2)13-21(18)26-4/h6-8,10-13,19,22H,5,9,14-15H2,1-4H3/t19-,22?/m0/s1. The molecule has 0 aliphatic carbocycles. The summed E-state index contributed by atoms with van der Waals surface area (Å²) in [4.78, 5) is 2.41. The van der Waals surface area contributed by atoms with Gasteiger partial charge < -0.3 is 18.9 Å². The molecule has 1 aliphatic rings. The lowest BCUT2D eigenvalue weighted by atomic mass is 10.0. The average Bonchev–Trinajstić information content (AvgIpc) is 3.11. The summed E-state index contributed by atoms with van der Waals surface area (Å²) < 4.78 is 22.8. The summed E-state index contributed by atoms with van der Waals surface area (Å²) in [7, 11) is 5.00. The van der Waals surface area contributed by atoms with Gasteiger partial charge in [-0.25, -0.2) is 0 Å². The number of nitrogens with zero attached hydrogens (tertiary/aromatic N) is 1. The molecule has 5 heteroatoms. The SMILES string of the molecule is CCCC1OC[C@@H](c2ccccc2)N1Cc1c(OC)cc(OC)cc1OC. The number of rotatable bonds is 8. The summed E-state index contributed by atoms with van der Waals surface area (Å²) in [5.74, 6) is 2.25. The van der Waals surface area contributed by atoms with Gasteiger partial charge in [-0.1, -0.05) is 43.7 Å². The van der Waals surface area contributed by atoms with Crippen molar-refractivity contribution in [1.82, 2.24) is 4.90 Å². The van der Waals surface area contributed by atoms with Crippen LogP contribution < -0.4 is 14.2 Å². The van der Waals surface area contributed by atoms with Crippen molar-refractivity contribution in [2.24, 2.45) is 0 Å². The first-order valence-corrected chi connectivity index (χ1v) is 9.43. The van der Waals surface area contributed by atoms with Crippen molar-refractivity contribution in [3.05, 3.63) is 53.6 Å². The minimum Gasteiger partial charge on any atom is -0.496 e. The molecule has 2 aromatic rings. The normalized spacial score (nSPS) is 19.9. The summed E-state index contributed by atoms with van der Waals surface area (Å²) >= 11 is 0. The summed E-state index contributed by atoms with van der Waals surface area (Å²) in [5.41, 5.74) is 2.27. The smallest absolute Gasteiger partial charge is 0.130 e. The second-order valence-electron chi connectivity index (χ2n) is 6.69.